The number of carboxylic acid groups (broad SMARTS) is 1. The fourth-order valence-corrected chi connectivity index (χ4v) is 3.88. The predicted molar refractivity (Wildman–Crippen MR) is 116 cm³/mol. The van der Waals surface area contributed by atoms with Crippen LogP contribution in [0.2, 0.25) is 0 Å². The Hall–Kier alpha value is -3.80. The average Bonchev–Trinajstić information content (AvgIpc) is 3.10. The van der Waals surface area contributed by atoms with Crippen LogP contribution < -0.4 is 10.1 Å². The van der Waals surface area contributed by atoms with Crippen molar-refractivity contribution < 1.29 is 24.2 Å². The van der Waals surface area contributed by atoms with E-state index in [0.717, 1.165) is 22.3 Å². The first-order chi connectivity index (χ1) is 15.1. The number of aliphatic carboxylic acids is 1. The Kier molecular flexibility index (Phi) is 6.17. The smallest absolute Gasteiger partial charge is 0.407 e. The summed E-state index contributed by atoms with van der Waals surface area (Å²) in [6.07, 6.45) is -0.929. The molecule has 1 amide bonds. The normalized spacial score (nSPS) is 13.0. The molecule has 0 aliphatic heterocycles. The summed E-state index contributed by atoms with van der Waals surface area (Å²) in [6, 6.07) is 24.5. The highest BCUT2D eigenvalue weighted by molar-refractivity contribution is 5.79. The third-order valence-corrected chi connectivity index (χ3v) is 5.28. The fourth-order valence-electron chi connectivity index (χ4n) is 3.88. The molecular formula is C25H23NO5. The van der Waals surface area contributed by atoms with Crippen molar-refractivity contribution in [3.05, 3.63) is 90.0 Å². The Labute approximate surface area is 180 Å². The van der Waals surface area contributed by atoms with Gasteiger partial charge in [0.15, 0.2) is 0 Å². The molecule has 6 nitrogen and oxygen atoms in total. The van der Waals surface area contributed by atoms with Gasteiger partial charge in [0.1, 0.15) is 19.0 Å². The summed E-state index contributed by atoms with van der Waals surface area (Å²) in [6.45, 7) is 0.194. The minimum absolute atomic E-state index is 0.0283. The number of benzene rings is 3. The van der Waals surface area contributed by atoms with E-state index in [1.807, 2.05) is 54.6 Å². The van der Waals surface area contributed by atoms with Gasteiger partial charge in [-0.1, -0.05) is 66.7 Å². The molecule has 0 radical (unpaired) electrons. The zero-order valence-corrected chi connectivity index (χ0v) is 16.9. The minimum Gasteiger partial charge on any atom is -0.491 e. The van der Waals surface area contributed by atoms with Crippen LogP contribution in [0, 0.1) is 0 Å². The number of rotatable bonds is 8. The van der Waals surface area contributed by atoms with Crippen molar-refractivity contribution in [1.82, 2.24) is 5.32 Å². The number of alkyl carbamates (subject to hydrolysis) is 1. The van der Waals surface area contributed by atoms with Gasteiger partial charge in [0.05, 0.1) is 12.5 Å². The van der Waals surface area contributed by atoms with Crippen LogP contribution in [0.4, 0.5) is 4.79 Å². The van der Waals surface area contributed by atoms with Crippen LogP contribution in [0.25, 0.3) is 11.1 Å². The first-order valence-corrected chi connectivity index (χ1v) is 10.1. The van der Waals surface area contributed by atoms with Gasteiger partial charge in [-0.2, -0.15) is 0 Å². The van der Waals surface area contributed by atoms with Crippen LogP contribution in [-0.2, 0) is 9.53 Å². The summed E-state index contributed by atoms with van der Waals surface area (Å²) in [7, 11) is 0. The predicted octanol–water partition coefficient (Wildman–Crippen LogP) is 4.45. The lowest BCUT2D eigenvalue weighted by Crippen LogP contribution is -2.41. The maximum Gasteiger partial charge on any atom is 0.407 e. The molecule has 0 saturated carbocycles. The number of fused-ring (bicyclic) bond motifs is 3. The number of hydrogen-bond acceptors (Lipinski definition) is 4. The van der Waals surface area contributed by atoms with Crippen molar-refractivity contribution >= 4 is 12.1 Å². The zero-order valence-electron chi connectivity index (χ0n) is 16.9. The molecule has 0 unspecified atom stereocenters. The third-order valence-electron chi connectivity index (χ3n) is 5.28. The number of nitrogens with one attached hydrogen (secondary N) is 1. The molecule has 158 valence electrons. The molecule has 1 aliphatic rings. The average molecular weight is 417 g/mol. The van der Waals surface area contributed by atoms with E-state index < -0.39 is 18.1 Å². The number of amides is 1. The van der Waals surface area contributed by atoms with Gasteiger partial charge >= 0.3 is 12.1 Å². The number of carbonyl (C=O) groups is 2. The zero-order chi connectivity index (χ0) is 21.6. The van der Waals surface area contributed by atoms with Gasteiger partial charge < -0.3 is 19.9 Å². The van der Waals surface area contributed by atoms with E-state index in [2.05, 4.69) is 17.4 Å². The van der Waals surface area contributed by atoms with Crippen molar-refractivity contribution in [2.75, 3.05) is 13.2 Å². The Balaban J connectivity index is 1.38. The highest BCUT2D eigenvalue weighted by atomic mass is 16.5. The van der Waals surface area contributed by atoms with E-state index in [1.165, 1.54) is 0 Å². The van der Waals surface area contributed by atoms with Crippen LogP contribution in [0.5, 0.6) is 5.75 Å². The number of para-hydroxylation sites is 1. The maximum absolute atomic E-state index is 12.4. The molecule has 1 atom stereocenters. The standard InChI is InChI=1S/C25H23NO5/c27-24(28)14-17(15-30-18-8-2-1-3-9-18)26-25(29)31-16-23-21-12-6-4-10-19(21)20-11-5-7-13-22(20)23/h1-13,17,23H,14-16H2,(H,26,29)(H,27,28)/t17-/m0/s1. The monoisotopic (exact) mass is 417 g/mol. The third kappa shape index (κ3) is 4.86. The van der Waals surface area contributed by atoms with E-state index in [4.69, 9.17) is 14.6 Å². The number of ether oxygens (including phenoxy) is 2. The molecule has 4 rings (SSSR count). The molecule has 2 N–H and O–H groups in total. The molecule has 1 aliphatic carbocycles. The van der Waals surface area contributed by atoms with E-state index in [1.54, 1.807) is 12.1 Å². The molecule has 0 spiro atoms. The molecule has 6 heteroatoms. The minimum atomic E-state index is -1.03. The van der Waals surface area contributed by atoms with Gasteiger partial charge in [-0.3, -0.25) is 4.79 Å². The first-order valence-electron chi connectivity index (χ1n) is 10.1. The second-order valence-corrected chi connectivity index (χ2v) is 7.39. The molecule has 0 heterocycles. The number of carboxylic acids is 1. The molecule has 0 saturated heterocycles. The molecule has 31 heavy (non-hydrogen) atoms. The molecular weight excluding hydrogens is 394 g/mol. The highest BCUT2D eigenvalue weighted by Gasteiger charge is 2.29. The van der Waals surface area contributed by atoms with Gasteiger partial charge in [-0.05, 0) is 34.4 Å². The summed E-state index contributed by atoms with van der Waals surface area (Å²) in [5.41, 5.74) is 4.52. The lowest BCUT2D eigenvalue weighted by atomic mass is 9.98. The van der Waals surface area contributed by atoms with Crippen LogP contribution >= 0.6 is 0 Å². The van der Waals surface area contributed by atoms with Crippen molar-refractivity contribution in [3.8, 4) is 16.9 Å². The van der Waals surface area contributed by atoms with Gasteiger partial charge in [-0.15, -0.1) is 0 Å². The first kappa shape index (κ1) is 20.5. The highest BCUT2D eigenvalue weighted by Crippen LogP contribution is 2.44. The summed E-state index contributed by atoms with van der Waals surface area (Å²) >= 11 is 0. The quantitative estimate of drug-likeness (QED) is 0.566. The van der Waals surface area contributed by atoms with E-state index in [-0.39, 0.29) is 25.6 Å². The van der Waals surface area contributed by atoms with Crippen molar-refractivity contribution in [3.63, 3.8) is 0 Å². The van der Waals surface area contributed by atoms with Crippen LogP contribution in [-0.4, -0.2) is 36.4 Å². The van der Waals surface area contributed by atoms with E-state index in [0.29, 0.717) is 5.75 Å². The maximum atomic E-state index is 12.4. The summed E-state index contributed by atoms with van der Waals surface area (Å²) in [5.74, 6) is -0.482. The van der Waals surface area contributed by atoms with E-state index >= 15 is 0 Å². The van der Waals surface area contributed by atoms with Crippen LogP contribution in [0.3, 0.4) is 0 Å². The topological polar surface area (TPSA) is 84.9 Å². The number of hydrogen-bond donors (Lipinski definition) is 2. The summed E-state index contributed by atoms with van der Waals surface area (Å²) in [4.78, 5) is 23.6. The summed E-state index contributed by atoms with van der Waals surface area (Å²) < 4.78 is 11.1. The Morgan fingerprint density at radius 3 is 2.06 bits per heavy atom. The molecule has 3 aromatic rings. The summed E-state index contributed by atoms with van der Waals surface area (Å²) in [5, 5.41) is 11.8. The van der Waals surface area contributed by atoms with Crippen molar-refractivity contribution in [2.24, 2.45) is 0 Å². The lowest BCUT2D eigenvalue weighted by molar-refractivity contribution is -0.137. The van der Waals surface area contributed by atoms with E-state index in [9.17, 15) is 9.59 Å². The molecule has 0 fully saturated rings. The van der Waals surface area contributed by atoms with Gasteiger partial charge in [0.25, 0.3) is 0 Å². The second-order valence-electron chi connectivity index (χ2n) is 7.39. The molecule has 0 aromatic heterocycles. The fraction of sp³-hybridized carbons (Fsp3) is 0.200. The Morgan fingerprint density at radius 2 is 1.45 bits per heavy atom. The Bertz CT molecular complexity index is 1020. The molecule has 3 aromatic carbocycles. The van der Waals surface area contributed by atoms with Crippen molar-refractivity contribution in [2.45, 2.75) is 18.4 Å². The van der Waals surface area contributed by atoms with Gasteiger partial charge in [0.2, 0.25) is 0 Å². The SMILES string of the molecule is O=C(O)C[C@@H](COc1ccccc1)NC(=O)OCC1c2ccccc2-c2ccccc21. The number of carbonyl (C=O) groups excluding carboxylic acids is 1. The lowest BCUT2D eigenvalue weighted by Gasteiger charge is -2.19. The Morgan fingerprint density at radius 1 is 0.871 bits per heavy atom. The van der Waals surface area contributed by atoms with Gasteiger partial charge in [0, 0.05) is 5.92 Å². The molecule has 0 bridgehead atoms. The van der Waals surface area contributed by atoms with Crippen LogP contribution in [0.15, 0.2) is 78.9 Å². The van der Waals surface area contributed by atoms with Crippen molar-refractivity contribution in [1.29, 1.82) is 0 Å². The largest absolute Gasteiger partial charge is 0.491 e. The van der Waals surface area contributed by atoms with Gasteiger partial charge in [-0.25, -0.2) is 4.79 Å². The second kappa shape index (κ2) is 9.34. The van der Waals surface area contributed by atoms with Crippen LogP contribution in [0.1, 0.15) is 23.5 Å².